The van der Waals surface area contributed by atoms with E-state index in [2.05, 4.69) is 29.2 Å². The van der Waals surface area contributed by atoms with Crippen LogP contribution in [0.5, 0.6) is 0 Å². The van der Waals surface area contributed by atoms with Crippen molar-refractivity contribution in [2.75, 3.05) is 53.4 Å². The molecule has 2 aliphatic rings. The Morgan fingerprint density at radius 2 is 2.29 bits per heavy atom. The molecule has 1 N–H and O–H groups in total. The molecule has 2 saturated heterocycles. The van der Waals surface area contributed by atoms with E-state index in [4.69, 9.17) is 4.74 Å². The average molecular weight is 241 g/mol. The van der Waals surface area contributed by atoms with Crippen LogP contribution < -0.4 is 5.32 Å². The van der Waals surface area contributed by atoms with Crippen molar-refractivity contribution in [3.63, 3.8) is 0 Å². The molecular formula is C13H27N3O. The summed E-state index contributed by atoms with van der Waals surface area (Å²) in [6.07, 6.45) is 4.30. The van der Waals surface area contributed by atoms with Gasteiger partial charge in [-0.05, 0) is 39.9 Å². The number of nitrogens with one attached hydrogen (secondary N) is 1. The first-order valence-corrected chi connectivity index (χ1v) is 6.97. The molecule has 0 spiro atoms. The van der Waals surface area contributed by atoms with Gasteiger partial charge in [0, 0.05) is 32.2 Å². The highest BCUT2D eigenvalue weighted by Gasteiger charge is 2.22. The first kappa shape index (κ1) is 13.3. The molecule has 0 aromatic carbocycles. The van der Waals surface area contributed by atoms with E-state index in [-0.39, 0.29) is 0 Å². The van der Waals surface area contributed by atoms with E-state index < -0.39 is 0 Å². The van der Waals surface area contributed by atoms with Gasteiger partial charge in [0.25, 0.3) is 0 Å². The number of nitrogens with zero attached hydrogens (tertiary/aromatic N) is 2. The third-order valence-electron chi connectivity index (χ3n) is 3.98. The SMILES string of the molecule is CN(C)C1CCCN(CCC2CNCCO2)C1. The number of hydrogen-bond donors (Lipinski definition) is 1. The number of rotatable bonds is 4. The van der Waals surface area contributed by atoms with Gasteiger partial charge in [0.15, 0.2) is 0 Å². The molecule has 0 amide bonds. The van der Waals surface area contributed by atoms with Gasteiger partial charge in [0.1, 0.15) is 0 Å². The maximum atomic E-state index is 5.74. The Morgan fingerprint density at radius 3 is 3.00 bits per heavy atom. The minimum atomic E-state index is 0.434. The van der Waals surface area contributed by atoms with Gasteiger partial charge in [-0.25, -0.2) is 0 Å². The Morgan fingerprint density at radius 1 is 1.41 bits per heavy atom. The molecule has 100 valence electrons. The van der Waals surface area contributed by atoms with Crippen LogP contribution in [-0.4, -0.2) is 75.4 Å². The highest BCUT2D eigenvalue weighted by atomic mass is 16.5. The van der Waals surface area contributed by atoms with Crippen LogP contribution in [0.2, 0.25) is 0 Å². The number of likely N-dealkylation sites (tertiary alicyclic amines) is 1. The molecule has 4 heteroatoms. The van der Waals surface area contributed by atoms with E-state index in [0.29, 0.717) is 6.10 Å². The van der Waals surface area contributed by atoms with E-state index in [1.807, 2.05) is 0 Å². The predicted octanol–water partition coefficient (Wildman–Crippen LogP) is 0.391. The highest BCUT2D eigenvalue weighted by molar-refractivity contribution is 4.79. The van der Waals surface area contributed by atoms with Gasteiger partial charge in [0.05, 0.1) is 12.7 Å². The van der Waals surface area contributed by atoms with E-state index in [1.54, 1.807) is 0 Å². The van der Waals surface area contributed by atoms with Crippen molar-refractivity contribution in [2.45, 2.75) is 31.4 Å². The van der Waals surface area contributed by atoms with Crippen LogP contribution in [0.4, 0.5) is 0 Å². The summed E-state index contributed by atoms with van der Waals surface area (Å²) in [5, 5.41) is 3.40. The normalized spacial score (nSPS) is 31.9. The number of piperidine rings is 1. The summed E-state index contributed by atoms with van der Waals surface area (Å²) < 4.78 is 5.74. The number of morpholine rings is 1. The van der Waals surface area contributed by atoms with Crippen LogP contribution >= 0.6 is 0 Å². The summed E-state index contributed by atoms with van der Waals surface area (Å²) in [4.78, 5) is 4.97. The molecule has 0 bridgehead atoms. The van der Waals surface area contributed by atoms with Crippen molar-refractivity contribution in [3.8, 4) is 0 Å². The van der Waals surface area contributed by atoms with E-state index in [1.165, 1.54) is 38.9 Å². The van der Waals surface area contributed by atoms with Crippen molar-refractivity contribution in [3.05, 3.63) is 0 Å². The monoisotopic (exact) mass is 241 g/mol. The molecule has 0 aliphatic carbocycles. The topological polar surface area (TPSA) is 27.7 Å². The lowest BCUT2D eigenvalue weighted by Gasteiger charge is -2.37. The second-order valence-corrected chi connectivity index (χ2v) is 5.55. The Labute approximate surface area is 105 Å². The van der Waals surface area contributed by atoms with Crippen molar-refractivity contribution in [2.24, 2.45) is 0 Å². The fourth-order valence-corrected chi connectivity index (χ4v) is 2.79. The fourth-order valence-electron chi connectivity index (χ4n) is 2.79. The molecule has 4 nitrogen and oxygen atoms in total. The van der Waals surface area contributed by atoms with Crippen molar-refractivity contribution < 1.29 is 4.74 Å². The first-order valence-electron chi connectivity index (χ1n) is 6.97. The molecule has 2 heterocycles. The Balaban J connectivity index is 1.67. The van der Waals surface area contributed by atoms with E-state index >= 15 is 0 Å². The first-order chi connectivity index (χ1) is 8.25. The number of likely N-dealkylation sites (N-methyl/N-ethyl adjacent to an activating group) is 1. The van der Waals surface area contributed by atoms with Gasteiger partial charge in [-0.2, -0.15) is 0 Å². The molecule has 0 aromatic heterocycles. The van der Waals surface area contributed by atoms with Gasteiger partial charge in [-0.15, -0.1) is 0 Å². The van der Waals surface area contributed by atoms with Crippen LogP contribution in [0.1, 0.15) is 19.3 Å². The van der Waals surface area contributed by atoms with Crippen molar-refractivity contribution in [1.82, 2.24) is 15.1 Å². The molecule has 17 heavy (non-hydrogen) atoms. The molecule has 2 fully saturated rings. The van der Waals surface area contributed by atoms with Gasteiger partial charge < -0.3 is 19.9 Å². The van der Waals surface area contributed by atoms with Crippen LogP contribution in [0, 0.1) is 0 Å². The third-order valence-corrected chi connectivity index (χ3v) is 3.98. The maximum Gasteiger partial charge on any atom is 0.0712 e. The van der Waals surface area contributed by atoms with Gasteiger partial charge in [0.2, 0.25) is 0 Å². The van der Waals surface area contributed by atoms with Crippen LogP contribution in [0.15, 0.2) is 0 Å². The Kier molecular flexibility index (Phi) is 5.22. The summed E-state index contributed by atoms with van der Waals surface area (Å²) in [5.74, 6) is 0. The zero-order valence-corrected chi connectivity index (χ0v) is 11.3. The third kappa shape index (κ3) is 4.21. The Bertz CT molecular complexity index is 217. The molecule has 0 aromatic rings. The summed E-state index contributed by atoms with van der Waals surface area (Å²) in [6.45, 7) is 6.62. The molecule has 2 atom stereocenters. The number of ether oxygens (including phenoxy) is 1. The minimum absolute atomic E-state index is 0.434. The molecule has 2 rings (SSSR count). The lowest BCUT2D eigenvalue weighted by molar-refractivity contribution is 0.0136. The molecule has 0 radical (unpaired) electrons. The van der Waals surface area contributed by atoms with Gasteiger partial charge in [-0.1, -0.05) is 0 Å². The largest absolute Gasteiger partial charge is 0.376 e. The van der Waals surface area contributed by atoms with Crippen molar-refractivity contribution >= 4 is 0 Å². The van der Waals surface area contributed by atoms with Gasteiger partial charge >= 0.3 is 0 Å². The minimum Gasteiger partial charge on any atom is -0.376 e. The standard InChI is InChI=1S/C13H27N3O/c1-15(2)12-4-3-7-16(11-12)8-5-13-10-14-6-9-17-13/h12-14H,3-11H2,1-2H3. The maximum absolute atomic E-state index is 5.74. The molecule has 2 unspecified atom stereocenters. The summed E-state index contributed by atoms with van der Waals surface area (Å²) >= 11 is 0. The van der Waals surface area contributed by atoms with Crippen LogP contribution in [0.3, 0.4) is 0 Å². The zero-order valence-electron chi connectivity index (χ0n) is 11.3. The average Bonchev–Trinajstić information content (AvgIpc) is 2.38. The van der Waals surface area contributed by atoms with E-state index in [9.17, 15) is 0 Å². The summed E-state index contributed by atoms with van der Waals surface area (Å²) in [7, 11) is 4.39. The lowest BCUT2D eigenvalue weighted by Crippen LogP contribution is -2.47. The lowest BCUT2D eigenvalue weighted by atomic mass is 10.0. The van der Waals surface area contributed by atoms with Gasteiger partial charge in [-0.3, -0.25) is 0 Å². The Hall–Kier alpha value is -0.160. The quantitative estimate of drug-likeness (QED) is 0.771. The van der Waals surface area contributed by atoms with E-state index in [0.717, 1.165) is 25.7 Å². The predicted molar refractivity (Wildman–Crippen MR) is 70.4 cm³/mol. The number of hydrogen-bond acceptors (Lipinski definition) is 4. The molecule has 0 saturated carbocycles. The van der Waals surface area contributed by atoms with Crippen molar-refractivity contribution in [1.29, 1.82) is 0 Å². The highest BCUT2D eigenvalue weighted by Crippen LogP contribution is 2.14. The second-order valence-electron chi connectivity index (χ2n) is 5.55. The van der Waals surface area contributed by atoms with Crippen LogP contribution in [-0.2, 0) is 4.74 Å². The van der Waals surface area contributed by atoms with Crippen LogP contribution in [0.25, 0.3) is 0 Å². The molecular weight excluding hydrogens is 214 g/mol. The smallest absolute Gasteiger partial charge is 0.0712 e. The summed E-state index contributed by atoms with van der Waals surface area (Å²) in [6, 6.07) is 0.745. The zero-order chi connectivity index (χ0) is 12.1. The second kappa shape index (κ2) is 6.69. The fraction of sp³-hybridized carbons (Fsp3) is 1.00. The molecule has 2 aliphatic heterocycles. The summed E-state index contributed by atoms with van der Waals surface area (Å²) in [5.41, 5.74) is 0.